The molecule has 7 heteroatoms. The van der Waals surface area contributed by atoms with Crippen LogP contribution in [0.25, 0.3) is 0 Å². The zero-order valence-corrected chi connectivity index (χ0v) is 11.6. The maximum atomic E-state index is 12.1. The van der Waals surface area contributed by atoms with Crippen LogP contribution in [0.4, 0.5) is 5.69 Å². The SMILES string of the molecule is CCOC(C)CNS(=O)(=O)c1ncccc1NC. The standard InChI is InChI=1S/C11H19N3O3S/c1-4-17-9(2)8-14-18(15,16)11-10(12-3)6-5-7-13-11/h5-7,9,12,14H,4,8H2,1-3H3. The summed E-state index contributed by atoms with van der Waals surface area (Å²) in [4.78, 5) is 3.89. The van der Waals surface area contributed by atoms with Crippen LogP contribution in [-0.2, 0) is 14.8 Å². The number of pyridine rings is 1. The van der Waals surface area contributed by atoms with Gasteiger partial charge in [0.2, 0.25) is 0 Å². The summed E-state index contributed by atoms with van der Waals surface area (Å²) in [5.74, 6) is 0. The molecular weight excluding hydrogens is 254 g/mol. The molecule has 0 bridgehead atoms. The third-order valence-corrected chi connectivity index (χ3v) is 3.69. The van der Waals surface area contributed by atoms with E-state index in [1.54, 1.807) is 19.2 Å². The van der Waals surface area contributed by atoms with E-state index < -0.39 is 10.0 Å². The zero-order chi connectivity index (χ0) is 13.6. The van der Waals surface area contributed by atoms with E-state index in [0.29, 0.717) is 12.3 Å². The number of hydrogen-bond acceptors (Lipinski definition) is 5. The second kappa shape index (κ2) is 6.67. The molecule has 1 atom stereocenters. The molecule has 0 fully saturated rings. The van der Waals surface area contributed by atoms with Gasteiger partial charge in [-0.1, -0.05) is 0 Å². The van der Waals surface area contributed by atoms with Crippen molar-refractivity contribution in [1.82, 2.24) is 9.71 Å². The summed E-state index contributed by atoms with van der Waals surface area (Å²) in [6, 6.07) is 3.33. The molecule has 0 aliphatic carbocycles. The number of nitrogens with one attached hydrogen (secondary N) is 2. The molecule has 1 aromatic rings. The summed E-state index contributed by atoms with van der Waals surface area (Å²) >= 11 is 0. The smallest absolute Gasteiger partial charge is 0.260 e. The van der Waals surface area contributed by atoms with Gasteiger partial charge in [0.25, 0.3) is 10.0 Å². The molecule has 1 rings (SSSR count). The summed E-state index contributed by atoms with van der Waals surface area (Å²) in [6.07, 6.45) is 1.27. The molecule has 0 aromatic carbocycles. The quantitative estimate of drug-likeness (QED) is 0.769. The van der Waals surface area contributed by atoms with Gasteiger partial charge in [-0.05, 0) is 26.0 Å². The molecule has 6 nitrogen and oxygen atoms in total. The van der Waals surface area contributed by atoms with Crippen molar-refractivity contribution < 1.29 is 13.2 Å². The summed E-state index contributed by atoms with van der Waals surface area (Å²) in [5, 5.41) is 2.80. The number of rotatable bonds is 7. The van der Waals surface area contributed by atoms with Crippen LogP contribution >= 0.6 is 0 Å². The lowest BCUT2D eigenvalue weighted by atomic mass is 10.4. The van der Waals surface area contributed by atoms with Crippen molar-refractivity contribution in [1.29, 1.82) is 0 Å². The Labute approximate surface area is 108 Å². The fourth-order valence-corrected chi connectivity index (χ4v) is 2.68. The second-order valence-corrected chi connectivity index (χ2v) is 5.41. The van der Waals surface area contributed by atoms with Gasteiger partial charge in [0, 0.05) is 26.4 Å². The Morgan fingerprint density at radius 3 is 2.83 bits per heavy atom. The fraction of sp³-hybridized carbons (Fsp3) is 0.545. The van der Waals surface area contributed by atoms with Crippen LogP contribution in [0.15, 0.2) is 23.4 Å². The lowest BCUT2D eigenvalue weighted by Gasteiger charge is -2.14. The van der Waals surface area contributed by atoms with Gasteiger partial charge < -0.3 is 10.1 Å². The van der Waals surface area contributed by atoms with Crippen LogP contribution in [0.3, 0.4) is 0 Å². The van der Waals surface area contributed by atoms with Crippen molar-refractivity contribution in [2.75, 3.05) is 25.5 Å². The molecule has 0 radical (unpaired) electrons. The first-order valence-electron chi connectivity index (χ1n) is 5.75. The lowest BCUT2D eigenvalue weighted by Crippen LogP contribution is -2.33. The Hall–Kier alpha value is -1.18. The Morgan fingerprint density at radius 1 is 1.50 bits per heavy atom. The van der Waals surface area contributed by atoms with E-state index in [9.17, 15) is 8.42 Å². The Bertz CT molecular complexity index is 476. The highest BCUT2D eigenvalue weighted by Crippen LogP contribution is 2.16. The average Bonchev–Trinajstić information content (AvgIpc) is 2.37. The minimum absolute atomic E-state index is 0.00352. The summed E-state index contributed by atoms with van der Waals surface area (Å²) in [7, 11) is -1.97. The first kappa shape index (κ1) is 14.9. The van der Waals surface area contributed by atoms with Crippen molar-refractivity contribution in [3.8, 4) is 0 Å². The molecule has 0 aliphatic rings. The molecule has 2 N–H and O–H groups in total. The van der Waals surface area contributed by atoms with Gasteiger partial charge in [0.1, 0.15) is 0 Å². The van der Waals surface area contributed by atoms with E-state index >= 15 is 0 Å². The largest absolute Gasteiger partial charge is 0.386 e. The highest BCUT2D eigenvalue weighted by atomic mass is 32.2. The second-order valence-electron chi connectivity index (χ2n) is 3.72. The highest BCUT2D eigenvalue weighted by Gasteiger charge is 2.20. The Balaban J connectivity index is 2.80. The van der Waals surface area contributed by atoms with Crippen molar-refractivity contribution in [2.45, 2.75) is 25.0 Å². The molecule has 1 unspecified atom stereocenters. The number of anilines is 1. The molecule has 0 spiro atoms. The average molecular weight is 273 g/mol. The summed E-state index contributed by atoms with van der Waals surface area (Å²) < 4.78 is 31.8. The third-order valence-electron chi connectivity index (χ3n) is 2.31. The van der Waals surface area contributed by atoms with Gasteiger partial charge in [0.05, 0.1) is 11.8 Å². The molecule has 102 valence electrons. The van der Waals surface area contributed by atoms with Crippen molar-refractivity contribution >= 4 is 15.7 Å². The summed E-state index contributed by atoms with van der Waals surface area (Å²) in [6.45, 7) is 4.44. The topological polar surface area (TPSA) is 80.3 Å². The van der Waals surface area contributed by atoms with E-state index in [4.69, 9.17) is 4.74 Å². The van der Waals surface area contributed by atoms with Gasteiger partial charge >= 0.3 is 0 Å². The minimum Gasteiger partial charge on any atom is -0.386 e. The van der Waals surface area contributed by atoms with Crippen LogP contribution in [-0.4, -0.2) is 39.7 Å². The number of aromatic nitrogens is 1. The van der Waals surface area contributed by atoms with Crippen molar-refractivity contribution in [3.63, 3.8) is 0 Å². The first-order chi connectivity index (χ1) is 8.51. The van der Waals surface area contributed by atoms with Crippen LogP contribution in [0.1, 0.15) is 13.8 Å². The maximum absolute atomic E-state index is 12.1. The molecule has 18 heavy (non-hydrogen) atoms. The van der Waals surface area contributed by atoms with E-state index in [1.807, 2.05) is 13.8 Å². The Morgan fingerprint density at radius 2 is 2.22 bits per heavy atom. The number of nitrogens with zero attached hydrogens (tertiary/aromatic N) is 1. The minimum atomic E-state index is -3.62. The van der Waals surface area contributed by atoms with Crippen molar-refractivity contribution in [3.05, 3.63) is 18.3 Å². The predicted molar refractivity (Wildman–Crippen MR) is 70.1 cm³/mol. The van der Waals surface area contributed by atoms with Gasteiger partial charge in [-0.2, -0.15) is 0 Å². The van der Waals surface area contributed by atoms with Crippen molar-refractivity contribution in [2.24, 2.45) is 0 Å². The number of hydrogen-bond donors (Lipinski definition) is 2. The first-order valence-corrected chi connectivity index (χ1v) is 7.23. The highest BCUT2D eigenvalue weighted by molar-refractivity contribution is 7.89. The third kappa shape index (κ3) is 3.94. The molecule has 0 saturated carbocycles. The molecule has 1 aromatic heterocycles. The lowest BCUT2D eigenvalue weighted by molar-refractivity contribution is 0.0799. The van der Waals surface area contributed by atoms with Crippen LogP contribution in [0, 0.1) is 0 Å². The van der Waals surface area contributed by atoms with Crippen LogP contribution in [0.5, 0.6) is 0 Å². The molecule has 0 saturated heterocycles. The monoisotopic (exact) mass is 273 g/mol. The maximum Gasteiger partial charge on any atom is 0.260 e. The van der Waals surface area contributed by atoms with E-state index in [2.05, 4.69) is 15.0 Å². The molecule has 1 heterocycles. The number of sulfonamides is 1. The summed E-state index contributed by atoms with van der Waals surface area (Å²) in [5.41, 5.74) is 0.467. The normalized spacial score (nSPS) is 13.3. The van der Waals surface area contributed by atoms with E-state index in [1.165, 1.54) is 6.20 Å². The number of ether oxygens (including phenoxy) is 1. The van der Waals surface area contributed by atoms with Gasteiger partial charge in [-0.3, -0.25) is 0 Å². The van der Waals surface area contributed by atoms with Gasteiger partial charge in [0.15, 0.2) is 5.03 Å². The van der Waals surface area contributed by atoms with Crippen LogP contribution < -0.4 is 10.0 Å². The predicted octanol–water partition coefficient (Wildman–Crippen LogP) is 0.827. The van der Waals surface area contributed by atoms with Gasteiger partial charge in [-0.25, -0.2) is 18.1 Å². The van der Waals surface area contributed by atoms with E-state index in [0.717, 1.165) is 0 Å². The van der Waals surface area contributed by atoms with Crippen LogP contribution in [0.2, 0.25) is 0 Å². The molecule has 0 amide bonds. The van der Waals surface area contributed by atoms with E-state index in [-0.39, 0.29) is 17.7 Å². The van der Waals surface area contributed by atoms with Gasteiger partial charge in [-0.15, -0.1) is 0 Å². The zero-order valence-electron chi connectivity index (χ0n) is 10.8. The Kier molecular flexibility index (Phi) is 5.52. The molecule has 0 aliphatic heterocycles. The molecular formula is C11H19N3O3S. The fourth-order valence-electron chi connectivity index (χ4n) is 1.43.